The number of methoxy groups -OCH3 is 1. The number of carbonyl (C=O) groups excluding carboxylic acids is 1. The van der Waals surface area contributed by atoms with Gasteiger partial charge in [-0.15, -0.1) is 0 Å². The second-order valence-electron chi connectivity index (χ2n) is 7.38. The number of fused-ring (bicyclic) bond motifs is 1. The molecule has 0 spiro atoms. The summed E-state index contributed by atoms with van der Waals surface area (Å²) in [7, 11) is 3.84. The van der Waals surface area contributed by atoms with E-state index in [9.17, 15) is 4.79 Å². The highest BCUT2D eigenvalue weighted by Crippen LogP contribution is 2.29. The first-order valence-corrected chi connectivity index (χ1v) is 10.1. The molecule has 1 aliphatic rings. The fourth-order valence-electron chi connectivity index (χ4n) is 3.77. The summed E-state index contributed by atoms with van der Waals surface area (Å²) in [4.78, 5) is 20.5. The summed E-state index contributed by atoms with van der Waals surface area (Å²) >= 11 is 0. The number of hydrogen-bond donors (Lipinski definition) is 2. The zero-order chi connectivity index (χ0) is 20.6. The smallest absolute Gasteiger partial charge is 0.216 e. The van der Waals surface area contributed by atoms with Crippen LogP contribution in [0.25, 0.3) is 10.9 Å². The summed E-state index contributed by atoms with van der Waals surface area (Å²) in [5.41, 5.74) is 3.63. The van der Waals surface area contributed by atoms with E-state index >= 15 is 0 Å². The highest BCUT2D eigenvalue weighted by molar-refractivity contribution is 5.84. The lowest BCUT2D eigenvalue weighted by atomic mass is 10.1. The van der Waals surface area contributed by atoms with Crippen LogP contribution in [0.2, 0.25) is 0 Å². The second kappa shape index (κ2) is 10.1. The summed E-state index contributed by atoms with van der Waals surface area (Å²) in [6.45, 7) is 3.40. The molecule has 4 rings (SSSR count). The van der Waals surface area contributed by atoms with Crippen molar-refractivity contribution in [2.45, 2.75) is 32.2 Å². The third-order valence-electron chi connectivity index (χ3n) is 5.33. The van der Waals surface area contributed by atoms with Crippen LogP contribution < -0.4 is 10.1 Å². The van der Waals surface area contributed by atoms with E-state index in [4.69, 9.17) is 4.74 Å². The van der Waals surface area contributed by atoms with Crippen LogP contribution in [0.5, 0.6) is 5.75 Å². The van der Waals surface area contributed by atoms with Gasteiger partial charge in [-0.05, 0) is 68.2 Å². The second-order valence-corrected chi connectivity index (χ2v) is 7.38. The zero-order valence-corrected chi connectivity index (χ0v) is 17.4. The van der Waals surface area contributed by atoms with Crippen molar-refractivity contribution in [3.05, 3.63) is 60.0 Å². The number of amides is 1. The summed E-state index contributed by atoms with van der Waals surface area (Å²) < 4.78 is 5.21. The Bertz CT molecular complexity index is 923. The number of rotatable bonds is 5. The molecule has 29 heavy (non-hydrogen) atoms. The average Bonchev–Trinajstić information content (AvgIpc) is 3.34. The van der Waals surface area contributed by atoms with Gasteiger partial charge in [-0.1, -0.05) is 6.07 Å². The number of carbonyl (C=O) groups is 1. The molecule has 6 nitrogen and oxygen atoms in total. The molecule has 154 valence electrons. The monoisotopic (exact) mass is 394 g/mol. The molecule has 0 radical (unpaired) electrons. The van der Waals surface area contributed by atoms with Gasteiger partial charge in [0, 0.05) is 49.0 Å². The molecule has 1 fully saturated rings. The molecule has 0 aliphatic carbocycles. The first-order valence-electron chi connectivity index (χ1n) is 10.1. The van der Waals surface area contributed by atoms with Gasteiger partial charge in [-0.3, -0.25) is 14.7 Å². The van der Waals surface area contributed by atoms with Gasteiger partial charge >= 0.3 is 0 Å². The van der Waals surface area contributed by atoms with Gasteiger partial charge in [0.05, 0.1) is 7.11 Å². The van der Waals surface area contributed by atoms with Crippen LogP contribution in [0.4, 0.5) is 0 Å². The van der Waals surface area contributed by atoms with E-state index in [1.807, 2.05) is 42.9 Å². The number of likely N-dealkylation sites (tertiary alicyclic amines) is 1. The fourth-order valence-corrected chi connectivity index (χ4v) is 3.77. The number of aromatic amines is 1. The Kier molecular flexibility index (Phi) is 7.25. The minimum absolute atomic E-state index is 0.00224. The van der Waals surface area contributed by atoms with Crippen molar-refractivity contribution in [3.8, 4) is 5.75 Å². The minimum Gasteiger partial charge on any atom is -0.497 e. The first-order chi connectivity index (χ1) is 14.1. The maximum atomic E-state index is 10.8. The normalized spacial score (nSPS) is 16.3. The molecule has 3 aromatic rings. The first kappa shape index (κ1) is 20.9. The Hall–Kier alpha value is -2.86. The number of benzene rings is 1. The van der Waals surface area contributed by atoms with Crippen LogP contribution >= 0.6 is 0 Å². The maximum Gasteiger partial charge on any atom is 0.216 e. The molecule has 1 aliphatic heterocycles. The van der Waals surface area contributed by atoms with Crippen molar-refractivity contribution in [2.75, 3.05) is 27.2 Å². The molecular formula is C23H30N4O2. The van der Waals surface area contributed by atoms with Crippen molar-refractivity contribution in [1.82, 2.24) is 20.2 Å². The van der Waals surface area contributed by atoms with Gasteiger partial charge < -0.3 is 15.0 Å². The van der Waals surface area contributed by atoms with Crippen LogP contribution in [0, 0.1) is 0 Å². The van der Waals surface area contributed by atoms with Crippen molar-refractivity contribution >= 4 is 16.8 Å². The quantitative estimate of drug-likeness (QED) is 0.692. The van der Waals surface area contributed by atoms with Crippen LogP contribution in [0.3, 0.4) is 0 Å². The summed E-state index contributed by atoms with van der Waals surface area (Å²) in [5, 5.41) is 3.94. The van der Waals surface area contributed by atoms with Gasteiger partial charge in [-0.25, -0.2) is 0 Å². The van der Waals surface area contributed by atoms with E-state index in [-0.39, 0.29) is 5.91 Å². The molecule has 1 aromatic carbocycles. The summed E-state index contributed by atoms with van der Waals surface area (Å²) in [6, 6.07) is 10.7. The number of aromatic nitrogens is 2. The molecule has 3 heterocycles. The SMILES string of the molecule is CN1CCC[C@H]1c1cccnc1.COc1ccc2[nH]cc(CCNC(C)=O)c2c1. The Morgan fingerprint density at radius 2 is 2.24 bits per heavy atom. The lowest BCUT2D eigenvalue weighted by Gasteiger charge is -2.18. The standard InChI is InChI=1S/C13H16N2O2.C10H14N2/c1-9(16)14-6-5-10-8-15-13-4-3-11(17-2)7-12(10)13;1-12-7-3-5-10(12)9-4-2-6-11-8-9/h3-4,7-8,15H,5-6H2,1-2H3,(H,14,16);2,4,6,8,10H,3,5,7H2,1H3/t;10-/m.0/s1. The number of pyridine rings is 1. The van der Waals surface area contributed by atoms with E-state index in [1.165, 1.54) is 37.4 Å². The molecule has 0 unspecified atom stereocenters. The number of nitrogens with one attached hydrogen (secondary N) is 2. The number of ether oxygens (including phenoxy) is 1. The van der Waals surface area contributed by atoms with E-state index in [0.29, 0.717) is 12.6 Å². The largest absolute Gasteiger partial charge is 0.497 e. The predicted octanol–water partition coefficient (Wildman–Crippen LogP) is 3.70. The van der Waals surface area contributed by atoms with Gasteiger partial charge in [-0.2, -0.15) is 0 Å². The number of hydrogen-bond acceptors (Lipinski definition) is 4. The van der Waals surface area contributed by atoms with Crippen LogP contribution in [0.1, 0.15) is 36.9 Å². The van der Waals surface area contributed by atoms with E-state index in [0.717, 1.165) is 23.1 Å². The molecule has 1 amide bonds. The minimum atomic E-state index is 0.00224. The van der Waals surface area contributed by atoms with E-state index in [2.05, 4.69) is 33.3 Å². The highest BCUT2D eigenvalue weighted by atomic mass is 16.5. The molecule has 6 heteroatoms. The Labute approximate surface area is 172 Å². The lowest BCUT2D eigenvalue weighted by Crippen LogP contribution is -2.22. The maximum absolute atomic E-state index is 10.8. The van der Waals surface area contributed by atoms with E-state index in [1.54, 1.807) is 7.11 Å². The van der Waals surface area contributed by atoms with Crippen LogP contribution in [-0.2, 0) is 11.2 Å². The van der Waals surface area contributed by atoms with Crippen molar-refractivity contribution in [1.29, 1.82) is 0 Å². The predicted molar refractivity (Wildman–Crippen MR) is 116 cm³/mol. The molecule has 1 saturated heterocycles. The Balaban J connectivity index is 0.000000176. The van der Waals surface area contributed by atoms with Gasteiger partial charge in [0.1, 0.15) is 5.75 Å². The third kappa shape index (κ3) is 5.57. The molecule has 0 bridgehead atoms. The van der Waals surface area contributed by atoms with Crippen molar-refractivity contribution in [2.24, 2.45) is 0 Å². The molecule has 1 atom stereocenters. The molecular weight excluding hydrogens is 364 g/mol. The third-order valence-corrected chi connectivity index (χ3v) is 5.33. The molecule has 2 N–H and O–H groups in total. The zero-order valence-electron chi connectivity index (χ0n) is 17.4. The summed E-state index contributed by atoms with van der Waals surface area (Å²) in [6.07, 6.45) is 9.20. The van der Waals surface area contributed by atoms with Crippen molar-refractivity contribution in [3.63, 3.8) is 0 Å². The van der Waals surface area contributed by atoms with Gasteiger partial charge in [0.25, 0.3) is 0 Å². The van der Waals surface area contributed by atoms with Crippen LogP contribution in [-0.4, -0.2) is 48.0 Å². The average molecular weight is 395 g/mol. The Morgan fingerprint density at radius 3 is 2.90 bits per heavy atom. The molecule has 0 saturated carbocycles. The topological polar surface area (TPSA) is 70.2 Å². The van der Waals surface area contributed by atoms with Gasteiger partial charge in [0.2, 0.25) is 5.91 Å². The van der Waals surface area contributed by atoms with Crippen LogP contribution in [0.15, 0.2) is 48.9 Å². The lowest BCUT2D eigenvalue weighted by molar-refractivity contribution is -0.118. The van der Waals surface area contributed by atoms with Crippen molar-refractivity contribution < 1.29 is 9.53 Å². The molecule has 2 aromatic heterocycles. The fraction of sp³-hybridized carbons (Fsp3) is 0.391. The Morgan fingerprint density at radius 1 is 1.38 bits per heavy atom. The summed E-state index contributed by atoms with van der Waals surface area (Å²) in [5.74, 6) is 0.847. The van der Waals surface area contributed by atoms with E-state index < -0.39 is 0 Å². The highest BCUT2D eigenvalue weighted by Gasteiger charge is 2.21. The number of nitrogens with zero attached hydrogens (tertiary/aromatic N) is 2. The van der Waals surface area contributed by atoms with Gasteiger partial charge in [0.15, 0.2) is 0 Å². The number of H-pyrrole nitrogens is 1.